The van der Waals surface area contributed by atoms with Crippen LogP contribution >= 0.6 is 0 Å². The molecule has 1 heterocycles. The van der Waals surface area contributed by atoms with E-state index in [9.17, 15) is 9.50 Å². The van der Waals surface area contributed by atoms with Crippen molar-refractivity contribution >= 4 is 0 Å². The van der Waals surface area contributed by atoms with Gasteiger partial charge in [-0.05, 0) is 43.5 Å². The number of hydrogen-bond donors (Lipinski definition) is 1. The van der Waals surface area contributed by atoms with E-state index in [0.29, 0.717) is 30.5 Å². The molecule has 134 valence electrons. The molecule has 0 radical (unpaired) electrons. The van der Waals surface area contributed by atoms with E-state index in [-0.39, 0.29) is 19.0 Å². The maximum atomic E-state index is 13.3. The number of aliphatic hydroxyl groups is 1. The Labute approximate surface area is 143 Å². The van der Waals surface area contributed by atoms with Crippen molar-refractivity contribution in [2.24, 2.45) is 0 Å². The van der Waals surface area contributed by atoms with Gasteiger partial charge >= 0.3 is 0 Å². The smallest absolute Gasteiger partial charge is 0.134 e. The van der Waals surface area contributed by atoms with Gasteiger partial charge < -0.3 is 14.6 Å². The van der Waals surface area contributed by atoms with Gasteiger partial charge in [-0.1, -0.05) is 19.3 Å². The molecule has 1 aliphatic heterocycles. The Morgan fingerprint density at radius 3 is 2.88 bits per heavy atom. The lowest BCUT2D eigenvalue weighted by Crippen LogP contribution is -2.51. The number of aryl methyl sites for hydroxylation is 1. The van der Waals surface area contributed by atoms with Crippen LogP contribution in [-0.4, -0.2) is 54.6 Å². The van der Waals surface area contributed by atoms with E-state index >= 15 is 0 Å². The van der Waals surface area contributed by atoms with Crippen LogP contribution in [0.5, 0.6) is 5.75 Å². The SMILES string of the molecule is Cc1cc(OCC2(O)COCCN(C3CCCCC3)C2)ccc1F. The molecule has 1 atom stereocenters. The van der Waals surface area contributed by atoms with E-state index in [0.717, 1.165) is 6.54 Å². The molecule has 1 unspecified atom stereocenters. The molecule has 1 aromatic rings. The quantitative estimate of drug-likeness (QED) is 0.917. The molecule has 0 spiro atoms. The number of β-amino-alcohol motifs (C(OH)–C–C–N with tert-alkyl or cyclic N) is 1. The molecule has 5 heteroatoms. The van der Waals surface area contributed by atoms with E-state index < -0.39 is 5.60 Å². The summed E-state index contributed by atoms with van der Waals surface area (Å²) in [7, 11) is 0. The molecule has 0 aromatic heterocycles. The highest BCUT2D eigenvalue weighted by atomic mass is 19.1. The van der Waals surface area contributed by atoms with Gasteiger partial charge in [-0.3, -0.25) is 4.90 Å². The first-order valence-corrected chi connectivity index (χ1v) is 8.99. The van der Waals surface area contributed by atoms with E-state index in [1.807, 2.05) is 0 Å². The summed E-state index contributed by atoms with van der Waals surface area (Å²) in [6.45, 7) is 4.21. The minimum Gasteiger partial charge on any atom is -0.490 e. The molecule has 2 aliphatic rings. The standard InChI is InChI=1S/C19H28FNO3/c1-15-11-17(7-8-18(15)20)24-14-19(22)12-21(9-10-23-13-19)16-5-3-2-4-6-16/h7-8,11,16,22H,2-6,9-10,12-14H2,1H3. The summed E-state index contributed by atoms with van der Waals surface area (Å²) in [6.07, 6.45) is 6.26. The monoisotopic (exact) mass is 337 g/mol. The van der Waals surface area contributed by atoms with Gasteiger partial charge in [0.1, 0.15) is 23.8 Å². The molecular formula is C19H28FNO3. The highest BCUT2D eigenvalue weighted by Crippen LogP contribution is 2.26. The molecule has 1 aromatic carbocycles. The lowest BCUT2D eigenvalue weighted by Gasteiger charge is -2.37. The van der Waals surface area contributed by atoms with Crippen molar-refractivity contribution in [3.05, 3.63) is 29.6 Å². The highest BCUT2D eigenvalue weighted by Gasteiger charge is 2.36. The summed E-state index contributed by atoms with van der Waals surface area (Å²) in [6, 6.07) is 5.20. The van der Waals surface area contributed by atoms with Gasteiger partial charge in [0.05, 0.1) is 13.2 Å². The molecular weight excluding hydrogens is 309 g/mol. The van der Waals surface area contributed by atoms with Crippen LogP contribution in [0.15, 0.2) is 18.2 Å². The van der Waals surface area contributed by atoms with E-state index in [1.54, 1.807) is 19.1 Å². The number of nitrogens with zero attached hydrogens (tertiary/aromatic N) is 1. The molecule has 4 nitrogen and oxygen atoms in total. The van der Waals surface area contributed by atoms with Crippen LogP contribution in [0.25, 0.3) is 0 Å². The fraction of sp³-hybridized carbons (Fsp3) is 0.684. The number of hydrogen-bond acceptors (Lipinski definition) is 4. The van der Waals surface area contributed by atoms with Crippen molar-refractivity contribution in [1.29, 1.82) is 0 Å². The van der Waals surface area contributed by atoms with Crippen molar-refractivity contribution in [2.75, 3.05) is 32.9 Å². The van der Waals surface area contributed by atoms with Crippen molar-refractivity contribution in [3.8, 4) is 5.75 Å². The highest BCUT2D eigenvalue weighted by molar-refractivity contribution is 5.28. The molecule has 1 saturated carbocycles. The summed E-state index contributed by atoms with van der Waals surface area (Å²) >= 11 is 0. The normalized spacial score (nSPS) is 27.0. The summed E-state index contributed by atoms with van der Waals surface area (Å²) in [5.74, 6) is 0.332. The van der Waals surface area contributed by atoms with Gasteiger partial charge in [-0.15, -0.1) is 0 Å². The lowest BCUT2D eigenvalue weighted by molar-refractivity contribution is -0.0681. The Balaban J connectivity index is 1.62. The average Bonchev–Trinajstić information content (AvgIpc) is 2.79. The minimum absolute atomic E-state index is 0.154. The summed E-state index contributed by atoms with van der Waals surface area (Å²) in [5.41, 5.74) is -0.489. The second kappa shape index (κ2) is 7.81. The summed E-state index contributed by atoms with van der Waals surface area (Å²) in [4.78, 5) is 2.37. The second-order valence-electron chi connectivity index (χ2n) is 7.24. The number of halogens is 1. The molecule has 24 heavy (non-hydrogen) atoms. The Kier molecular flexibility index (Phi) is 5.74. The van der Waals surface area contributed by atoms with Crippen LogP contribution in [0.3, 0.4) is 0 Å². The maximum absolute atomic E-state index is 13.3. The van der Waals surface area contributed by atoms with Crippen molar-refractivity contribution in [2.45, 2.75) is 50.7 Å². The average molecular weight is 337 g/mol. The zero-order chi connectivity index (χ0) is 17.0. The Hall–Kier alpha value is -1.17. The predicted octanol–water partition coefficient (Wildman–Crippen LogP) is 2.91. The Bertz CT molecular complexity index is 547. The second-order valence-corrected chi connectivity index (χ2v) is 7.24. The van der Waals surface area contributed by atoms with E-state index in [1.165, 1.54) is 38.2 Å². The predicted molar refractivity (Wildman–Crippen MR) is 90.8 cm³/mol. The molecule has 1 saturated heterocycles. The zero-order valence-electron chi connectivity index (χ0n) is 14.5. The third-order valence-electron chi connectivity index (χ3n) is 5.12. The van der Waals surface area contributed by atoms with Crippen LogP contribution < -0.4 is 4.74 Å². The van der Waals surface area contributed by atoms with Gasteiger partial charge in [0.25, 0.3) is 0 Å². The van der Waals surface area contributed by atoms with Crippen molar-refractivity contribution < 1.29 is 19.0 Å². The van der Waals surface area contributed by atoms with Gasteiger partial charge in [0, 0.05) is 19.1 Å². The van der Waals surface area contributed by atoms with Gasteiger partial charge in [0.2, 0.25) is 0 Å². The molecule has 3 rings (SSSR count). The number of benzene rings is 1. The lowest BCUT2D eigenvalue weighted by atomic mass is 9.93. The Morgan fingerprint density at radius 1 is 1.33 bits per heavy atom. The van der Waals surface area contributed by atoms with Crippen molar-refractivity contribution in [3.63, 3.8) is 0 Å². The fourth-order valence-corrected chi connectivity index (χ4v) is 3.72. The first-order valence-electron chi connectivity index (χ1n) is 8.99. The minimum atomic E-state index is -1.03. The summed E-state index contributed by atoms with van der Waals surface area (Å²) < 4.78 is 24.7. The summed E-state index contributed by atoms with van der Waals surface area (Å²) in [5, 5.41) is 11.0. The van der Waals surface area contributed by atoms with E-state index in [4.69, 9.17) is 9.47 Å². The fourth-order valence-electron chi connectivity index (χ4n) is 3.72. The van der Waals surface area contributed by atoms with Crippen LogP contribution in [0.2, 0.25) is 0 Å². The van der Waals surface area contributed by atoms with Gasteiger partial charge in [0.15, 0.2) is 0 Å². The zero-order valence-corrected chi connectivity index (χ0v) is 14.5. The molecule has 1 aliphatic carbocycles. The number of ether oxygens (including phenoxy) is 2. The van der Waals surface area contributed by atoms with Crippen LogP contribution in [-0.2, 0) is 4.74 Å². The van der Waals surface area contributed by atoms with Crippen LogP contribution in [0, 0.1) is 12.7 Å². The maximum Gasteiger partial charge on any atom is 0.134 e. The van der Waals surface area contributed by atoms with E-state index in [2.05, 4.69) is 4.90 Å². The van der Waals surface area contributed by atoms with Crippen LogP contribution in [0.1, 0.15) is 37.7 Å². The molecule has 1 N–H and O–H groups in total. The molecule has 0 bridgehead atoms. The van der Waals surface area contributed by atoms with Crippen LogP contribution in [0.4, 0.5) is 4.39 Å². The van der Waals surface area contributed by atoms with Crippen molar-refractivity contribution in [1.82, 2.24) is 4.90 Å². The third-order valence-corrected chi connectivity index (χ3v) is 5.12. The number of rotatable bonds is 4. The Morgan fingerprint density at radius 2 is 2.12 bits per heavy atom. The van der Waals surface area contributed by atoms with Gasteiger partial charge in [-0.2, -0.15) is 0 Å². The third kappa shape index (κ3) is 4.47. The first kappa shape index (κ1) is 17.6. The molecule has 0 amide bonds. The first-order chi connectivity index (χ1) is 11.6. The molecule has 2 fully saturated rings. The van der Waals surface area contributed by atoms with Gasteiger partial charge in [-0.25, -0.2) is 4.39 Å². The largest absolute Gasteiger partial charge is 0.490 e. The topological polar surface area (TPSA) is 41.9 Å².